The average Bonchev–Trinajstić information content (AvgIpc) is 2.49. The molecule has 0 bridgehead atoms. The Labute approximate surface area is 183 Å². The molecular formula is C16H25Li2NO8. The number of carbonyl (C=O) groups excluding carboxylic acids is 3. The maximum absolute atomic E-state index is 11.5. The van der Waals surface area contributed by atoms with Crippen molar-refractivity contribution in [1.82, 2.24) is 5.32 Å². The normalized spacial score (nSPS) is 15.1. The second-order valence-electron chi connectivity index (χ2n) is 6.86. The number of hydrogen-bond acceptors (Lipinski definition) is 8. The zero-order valence-electron chi connectivity index (χ0n) is 16.8. The Bertz CT molecular complexity index is 475. The number of ether oxygens (including phenoxy) is 3. The van der Waals surface area contributed by atoms with E-state index in [0.717, 1.165) is 0 Å². The number of carboxylic acids is 2. The van der Waals surface area contributed by atoms with E-state index in [-0.39, 0.29) is 50.7 Å². The van der Waals surface area contributed by atoms with Crippen LogP contribution in [0.1, 0.15) is 46.5 Å². The Kier molecular flexibility index (Phi) is 13.4. The van der Waals surface area contributed by atoms with E-state index in [1.807, 2.05) is 0 Å². The molecule has 0 aromatic carbocycles. The first-order valence-electron chi connectivity index (χ1n) is 8.22. The van der Waals surface area contributed by atoms with Gasteiger partial charge in [0.25, 0.3) is 0 Å². The van der Waals surface area contributed by atoms with Crippen LogP contribution in [0, 0.1) is 0 Å². The smallest absolute Gasteiger partial charge is 0.547 e. The molecular weight excluding hydrogens is 348 g/mol. The summed E-state index contributed by atoms with van der Waals surface area (Å²) in [5.41, 5.74) is -3.23. The summed E-state index contributed by atoms with van der Waals surface area (Å²) in [6.45, 7) is 5.85. The fraction of sp³-hybridized carbons (Fsp3) is 0.812. The van der Waals surface area contributed by atoms with Gasteiger partial charge in [0.05, 0.1) is 18.0 Å². The average molecular weight is 373 g/mol. The molecule has 0 unspecified atom stereocenters. The third-order valence-electron chi connectivity index (χ3n) is 3.57. The summed E-state index contributed by atoms with van der Waals surface area (Å²) in [5, 5.41) is 25.3. The predicted molar refractivity (Wildman–Crippen MR) is 81.1 cm³/mol. The largest absolute Gasteiger partial charge is 1.00 e. The molecule has 1 rings (SSSR count). The quantitative estimate of drug-likeness (QED) is 0.252. The van der Waals surface area contributed by atoms with E-state index in [1.54, 1.807) is 20.8 Å². The summed E-state index contributed by atoms with van der Waals surface area (Å²) in [5.74, 6) is -3.73. The van der Waals surface area contributed by atoms with Gasteiger partial charge in [0.1, 0.15) is 11.2 Å². The molecule has 1 heterocycles. The number of carboxylic acid groups (broad SMARTS) is 2. The SMILES string of the molecule is CC(C)(C)OC(=O)NCCCC(OC1CCOCC1)(C(=O)[O-])C(=O)[O-].[Li+].[Li+]. The van der Waals surface area contributed by atoms with Crippen molar-refractivity contribution in [3.8, 4) is 0 Å². The molecule has 1 N–H and O–H groups in total. The molecule has 0 aliphatic carbocycles. The molecule has 0 spiro atoms. The van der Waals surface area contributed by atoms with Gasteiger partial charge in [-0.3, -0.25) is 0 Å². The van der Waals surface area contributed by atoms with E-state index in [1.165, 1.54) is 0 Å². The van der Waals surface area contributed by atoms with Crippen molar-refractivity contribution in [1.29, 1.82) is 0 Å². The van der Waals surface area contributed by atoms with Crippen LogP contribution in [0.3, 0.4) is 0 Å². The Balaban J connectivity index is 0. The van der Waals surface area contributed by atoms with Crippen LogP contribution in [-0.4, -0.2) is 55.1 Å². The maximum Gasteiger partial charge on any atom is 1.00 e. The summed E-state index contributed by atoms with van der Waals surface area (Å²) >= 11 is 0. The van der Waals surface area contributed by atoms with Crippen molar-refractivity contribution in [3.63, 3.8) is 0 Å². The standard InChI is InChI=1S/C16H27NO8.2Li/c1-15(2,3)25-14(22)17-8-4-7-16(12(18)19,13(20)21)24-11-5-9-23-10-6-11;;/h11H,4-10H2,1-3H3,(H,17,22)(H,18,19)(H,20,21);;/q;2*+1/p-2. The van der Waals surface area contributed by atoms with Crippen molar-refractivity contribution in [2.24, 2.45) is 0 Å². The minimum Gasteiger partial charge on any atom is -0.547 e. The molecule has 144 valence electrons. The van der Waals surface area contributed by atoms with E-state index in [4.69, 9.17) is 14.2 Å². The number of rotatable bonds is 8. The Morgan fingerprint density at radius 3 is 2.04 bits per heavy atom. The van der Waals surface area contributed by atoms with Gasteiger partial charge < -0.3 is 39.3 Å². The molecule has 1 saturated heterocycles. The summed E-state index contributed by atoms with van der Waals surface area (Å²) in [6, 6.07) is 0. The Morgan fingerprint density at radius 2 is 1.59 bits per heavy atom. The zero-order valence-corrected chi connectivity index (χ0v) is 16.8. The summed E-state index contributed by atoms with van der Waals surface area (Å²) in [6.07, 6.45) is -0.833. The van der Waals surface area contributed by atoms with Gasteiger partial charge in [-0.1, -0.05) is 0 Å². The minimum atomic E-state index is -2.56. The van der Waals surface area contributed by atoms with E-state index < -0.39 is 41.8 Å². The van der Waals surface area contributed by atoms with Crippen LogP contribution in [0.2, 0.25) is 0 Å². The van der Waals surface area contributed by atoms with Crippen LogP contribution in [-0.2, 0) is 23.8 Å². The molecule has 11 heteroatoms. The fourth-order valence-electron chi connectivity index (χ4n) is 2.36. The number of alkyl carbamates (subject to hydrolysis) is 1. The van der Waals surface area contributed by atoms with Crippen molar-refractivity contribution in [2.75, 3.05) is 19.8 Å². The van der Waals surface area contributed by atoms with Crippen LogP contribution in [0.5, 0.6) is 0 Å². The number of hydrogen-bond donors (Lipinski definition) is 1. The molecule has 1 aliphatic rings. The van der Waals surface area contributed by atoms with Crippen LogP contribution in [0.25, 0.3) is 0 Å². The molecule has 1 aliphatic heterocycles. The van der Waals surface area contributed by atoms with Gasteiger partial charge in [-0.25, -0.2) is 4.79 Å². The van der Waals surface area contributed by atoms with Gasteiger partial charge in [0.15, 0.2) is 0 Å². The van der Waals surface area contributed by atoms with Crippen LogP contribution >= 0.6 is 0 Å². The Hall–Kier alpha value is -0.675. The molecule has 9 nitrogen and oxygen atoms in total. The van der Waals surface area contributed by atoms with Crippen molar-refractivity contribution in [3.05, 3.63) is 0 Å². The molecule has 1 amide bonds. The van der Waals surface area contributed by atoms with Gasteiger partial charge in [-0.2, -0.15) is 0 Å². The molecule has 27 heavy (non-hydrogen) atoms. The second kappa shape index (κ2) is 12.7. The van der Waals surface area contributed by atoms with Gasteiger partial charge in [-0.15, -0.1) is 0 Å². The first-order chi connectivity index (χ1) is 11.6. The topological polar surface area (TPSA) is 137 Å². The molecule has 0 aromatic heterocycles. The van der Waals surface area contributed by atoms with E-state index in [9.17, 15) is 24.6 Å². The van der Waals surface area contributed by atoms with Crippen LogP contribution in [0.4, 0.5) is 4.79 Å². The molecule has 0 atom stereocenters. The van der Waals surface area contributed by atoms with E-state index >= 15 is 0 Å². The Morgan fingerprint density at radius 1 is 1.07 bits per heavy atom. The van der Waals surface area contributed by atoms with E-state index in [2.05, 4.69) is 5.32 Å². The molecule has 1 fully saturated rings. The molecule has 0 saturated carbocycles. The van der Waals surface area contributed by atoms with E-state index in [0.29, 0.717) is 26.1 Å². The summed E-state index contributed by atoms with van der Waals surface area (Å²) in [7, 11) is 0. The second-order valence-corrected chi connectivity index (χ2v) is 6.86. The number of amides is 1. The van der Waals surface area contributed by atoms with Crippen molar-refractivity contribution < 1.29 is 76.5 Å². The van der Waals surface area contributed by atoms with Gasteiger partial charge >= 0.3 is 43.8 Å². The monoisotopic (exact) mass is 373 g/mol. The zero-order chi connectivity index (χ0) is 19.1. The van der Waals surface area contributed by atoms with Crippen LogP contribution in [0.15, 0.2) is 0 Å². The number of carbonyl (C=O) groups is 3. The third kappa shape index (κ3) is 9.89. The minimum absolute atomic E-state index is 0. The molecule has 0 aromatic rings. The maximum atomic E-state index is 11.5. The van der Waals surface area contributed by atoms with Crippen LogP contribution < -0.4 is 53.3 Å². The molecule has 0 radical (unpaired) electrons. The predicted octanol–water partition coefficient (Wildman–Crippen LogP) is -7.27. The van der Waals surface area contributed by atoms with Gasteiger partial charge in [-0.05, 0) is 46.5 Å². The fourth-order valence-corrected chi connectivity index (χ4v) is 2.36. The number of nitrogens with one attached hydrogen (secondary N) is 1. The van der Waals surface area contributed by atoms with Gasteiger partial charge in [0.2, 0.25) is 0 Å². The first kappa shape index (κ1) is 28.5. The first-order valence-corrected chi connectivity index (χ1v) is 8.22. The number of aliphatic carboxylic acids is 2. The van der Waals surface area contributed by atoms with Crippen molar-refractivity contribution in [2.45, 2.75) is 63.8 Å². The summed E-state index contributed by atoms with van der Waals surface area (Å²) in [4.78, 5) is 34.4. The third-order valence-corrected chi connectivity index (χ3v) is 3.57. The van der Waals surface area contributed by atoms with Crippen molar-refractivity contribution >= 4 is 18.0 Å². The van der Waals surface area contributed by atoms with Gasteiger partial charge in [0, 0.05) is 19.8 Å². The summed E-state index contributed by atoms with van der Waals surface area (Å²) < 4.78 is 15.5.